The standard InChI is InChI=1S/C25H28FN3O3/c1-3-16-32-21-10-8-18(9-11-21)22-23(28-14-12-27(4-2)13-15-28)25(31)29(24(22)30)20-7-5-6-19(26)17-20/h5-11,17H,3-4,12-16H2,1-2H3. The molecule has 6 nitrogen and oxygen atoms in total. The monoisotopic (exact) mass is 437 g/mol. The van der Waals surface area contributed by atoms with E-state index in [1.807, 2.05) is 36.1 Å². The van der Waals surface area contributed by atoms with Gasteiger partial charge in [0.2, 0.25) is 0 Å². The highest BCUT2D eigenvalue weighted by Gasteiger charge is 2.43. The van der Waals surface area contributed by atoms with Crippen molar-refractivity contribution in [3.8, 4) is 5.75 Å². The van der Waals surface area contributed by atoms with Crippen LogP contribution in [0, 0.1) is 5.82 Å². The Morgan fingerprint density at radius 1 is 0.938 bits per heavy atom. The van der Waals surface area contributed by atoms with Gasteiger partial charge in [0, 0.05) is 26.2 Å². The highest BCUT2D eigenvalue weighted by atomic mass is 19.1. The van der Waals surface area contributed by atoms with Gasteiger partial charge in [-0.2, -0.15) is 0 Å². The summed E-state index contributed by atoms with van der Waals surface area (Å²) in [7, 11) is 0. The van der Waals surface area contributed by atoms with E-state index >= 15 is 0 Å². The van der Waals surface area contributed by atoms with E-state index in [1.54, 1.807) is 6.07 Å². The summed E-state index contributed by atoms with van der Waals surface area (Å²) in [5.74, 6) is -0.622. The number of carbonyl (C=O) groups excluding carboxylic acids is 2. The molecule has 2 aliphatic heterocycles. The smallest absolute Gasteiger partial charge is 0.282 e. The molecule has 0 N–H and O–H groups in total. The largest absolute Gasteiger partial charge is 0.494 e. The third kappa shape index (κ3) is 4.25. The normalized spacial score (nSPS) is 17.5. The zero-order chi connectivity index (χ0) is 22.7. The summed E-state index contributed by atoms with van der Waals surface area (Å²) in [5.41, 5.74) is 1.63. The van der Waals surface area contributed by atoms with Gasteiger partial charge in [0.25, 0.3) is 11.8 Å². The van der Waals surface area contributed by atoms with Gasteiger partial charge in [0.1, 0.15) is 17.3 Å². The maximum Gasteiger partial charge on any atom is 0.282 e. The Bertz CT molecular complexity index is 1030. The number of ether oxygens (including phenoxy) is 1. The van der Waals surface area contributed by atoms with Crippen LogP contribution in [0.1, 0.15) is 25.8 Å². The molecular weight excluding hydrogens is 409 g/mol. The van der Waals surface area contributed by atoms with Crippen LogP contribution >= 0.6 is 0 Å². The zero-order valence-corrected chi connectivity index (χ0v) is 18.5. The van der Waals surface area contributed by atoms with E-state index in [9.17, 15) is 14.0 Å². The number of imide groups is 1. The molecule has 0 spiro atoms. The lowest BCUT2D eigenvalue weighted by atomic mass is 10.0. The van der Waals surface area contributed by atoms with Gasteiger partial charge in [-0.3, -0.25) is 9.59 Å². The molecule has 4 rings (SSSR count). The van der Waals surface area contributed by atoms with Crippen molar-refractivity contribution >= 4 is 23.1 Å². The summed E-state index contributed by atoms with van der Waals surface area (Å²) < 4.78 is 19.5. The molecule has 2 aliphatic rings. The number of amides is 2. The first-order valence-corrected chi connectivity index (χ1v) is 11.1. The lowest BCUT2D eigenvalue weighted by molar-refractivity contribution is -0.120. The lowest BCUT2D eigenvalue weighted by Gasteiger charge is -2.36. The van der Waals surface area contributed by atoms with Gasteiger partial charge in [-0.15, -0.1) is 0 Å². The number of hydrogen-bond acceptors (Lipinski definition) is 5. The second-order valence-corrected chi connectivity index (χ2v) is 7.94. The number of hydrogen-bond donors (Lipinski definition) is 0. The molecule has 2 heterocycles. The molecule has 0 aromatic heterocycles. The van der Waals surface area contributed by atoms with Crippen molar-refractivity contribution in [1.82, 2.24) is 9.80 Å². The summed E-state index contributed by atoms with van der Waals surface area (Å²) in [6.07, 6.45) is 0.899. The molecule has 2 aromatic rings. The maximum absolute atomic E-state index is 13.9. The lowest BCUT2D eigenvalue weighted by Crippen LogP contribution is -2.47. The Hall–Kier alpha value is -3.19. The van der Waals surface area contributed by atoms with Gasteiger partial charge in [-0.25, -0.2) is 9.29 Å². The number of anilines is 1. The summed E-state index contributed by atoms with van der Waals surface area (Å²) in [6, 6.07) is 12.8. The third-order valence-electron chi connectivity index (χ3n) is 5.88. The minimum absolute atomic E-state index is 0.239. The fourth-order valence-corrected chi connectivity index (χ4v) is 4.15. The van der Waals surface area contributed by atoms with Gasteiger partial charge < -0.3 is 14.5 Å². The second kappa shape index (κ2) is 9.53. The minimum Gasteiger partial charge on any atom is -0.494 e. The molecule has 0 aliphatic carbocycles. The minimum atomic E-state index is -0.493. The molecule has 0 radical (unpaired) electrons. The molecule has 0 bridgehead atoms. The Labute approximate surface area is 187 Å². The summed E-state index contributed by atoms with van der Waals surface area (Å²) in [6.45, 7) is 8.64. The van der Waals surface area contributed by atoms with Crippen LogP contribution in [0.15, 0.2) is 54.2 Å². The fraction of sp³-hybridized carbons (Fsp3) is 0.360. The van der Waals surface area contributed by atoms with Crippen molar-refractivity contribution in [2.75, 3.05) is 44.2 Å². The van der Waals surface area contributed by atoms with E-state index < -0.39 is 17.6 Å². The van der Waals surface area contributed by atoms with Crippen LogP contribution in [0.25, 0.3) is 5.57 Å². The highest BCUT2D eigenvalue weighted by molar-refractivity contribution is 6.45. The van der Waals surface area contributed by atoms with E-state index in [-0.39, 0.29) is 5.69 Å². The molecule has 32 heavy (non-hydrogen) atoms. The molecule has 1 saturated heterocycles. The molecule has 7 heteroatoms. The van der Waals surface area contributed by atoms with Crippen LogP contribution in [0.4, 0.5) is 10.1 Å². The molecule has 0 unspecified atom stereocenters. The molecule has 2 amide bonds. The van der Waals surface area contributed by atoms with Crippen molar-refractivity contribution in [3.63, 3.8) is 0 Å². The van der Waals surface area contributed by atoms with Gasteiger partial charge in [0.05, 0.1) is 17.9 Å². The Balaban J connectivity index is 1.73. The molecule has 168 valence electrons. The number of halogens is 1. The average Bonchev–Trinajstić information content (AvgIpc) is 3.08. The first-order valence-electron chi connectivity index (χ1n) is 11.1. The fourth-order valence-electron chi connectivity index (χ4n) is 4.15. The number of rotatable bonds is 7. The number of nitrogens with zero attached hydrogens (tertiary/aromatic N) is 3. The van der Waals surface area contributed by atoms with Gasteiger partial charge in [0.15, 0.2) is 0 Å². The highest BCUT2D eigenvalue weighted by Crippen LogP contribution is 2.36. The van der Waals surface area contributed by atoms with Gasteiger partial charge >= 0.3 is 0 Å². The van der Waals surface area contributed by atoms with Crippen LogP contribution in [-0.2, 0) is 9.59 Å². The maximum atomic E-state index is 13.9. The van der Waals surface area contributed by atoms with E-state index in [0.29, 0.717) is 42.3 Å². The van der Waals surface area contributed by atoms with Crippen LogP contribution in [0.3, 0.4) is 0 Å². The van der Waals surface area contributed by atoms with Crippen LogP contribution in [-0.4, -0.2) is 60.9 Å². The van der Waals surface area contributed by atoms with Crippen molar-refractivity contribution in [2.45, 2.75) is 20.3 Å². The second-order valence-electron chi connectivity index (χ2n) is 7.94. The van der Waals surface area contributed by atoms with E-state index in [1.165, 1.54) is 18.2 Å². The average molecular weight is 438 g/mol. The first-order chi connectivity index (χ1) is 15.5. The van der Waals surface area contributed by atoms with E-state index in [2.05, 4.69) is 11.8 Å². The molecule has 2 aromatic carbocycles. The number of piperazine rings is 1. The van der Waals surface area contributed by atoms with Gasteiger partial charge in [-0.05, 0) is 48.9 Å². The van der Waals surface area contributed by atoms with Crippen molar-refractivity contribution in [2.24, 2.45) is 0 Å². The summed E-state index contributed by atoms with van der Waals surface area (Å²) in [5, 5.41) is 0. The molecule has 0 atom stereocenters. The van der Waals surface area contributed by atoms with Gasteiger partial charge in [-0.1, -0.05) is 32.0 Å². The number of benzene rings is 2. The van der Waals surface area contributed by atoms with E-state index in [4.69, 9.17) is 4.74 Å². The quantitative estimate of drug-likeness (QED) is 0.621. The Morgan fingerprint density at radius 2 is 1.66 bits per heavy atom. The van der Waals surface area contributed by atoms with Crippen LogP contribution < -0.4 is 9.64 Å². The SMILES string of the molecule is CCCOc1ccc(C2=C(N3CCN(CC)CC3)C(=O)N(c3cccc(F)c3)C2=O)cc1. The summed E-state index contributed by atoms with van der Waals surface area (Å²) in [4.78, 5) is 32.4. The topological polar surface area (TPSA) is 53.1 Å². The summed E-state index contributed by atoms with van der Waals surface area (Å²) >= 11 is 0. The number of carbonyl (C=O) groups is 2. The van der Waals surface area contributed by atoms with Crippen molar-refractivity contribution in [1.29, 1.82) is 0 Å². The molecule has 0 saturated carbocycles. The zero-order valence-electron chi connectivity index (χ0n) is 18.5. The third-order valence-corrected chi connectivity index (χ3v) is 5.88. The van der Waals surface area contributed by atoms with Crippen molar-refractivity contribution in [3.05, 3.63) is 65.6 Å². The van der Waals surface area contributed by atoms with Crippen LogP contribution in [0.5, 0.6) is 5.75 Å². The molecular formula is C25H28FN3O3. The Morgan fingerprint density at radius 3 is 2.28 bits per heavy atom. The van der Waals surface area contributed by atoms with Crippen LogP contribution in [0.2, 0.25) is 0 Å². The molecule has 1 fully saturated rings. The first kappa shape index (κ1) is 22.0. The van der Waals surface area contributed by atoms with Crippen molar-refractivity contribution < 1.29 is 18.7 Å². The predicted octanol–water partition coefficient (Wildman–Crippen LogP) is 3.54. The van der Waals surface area contributed by atoms with E-state index in [0.717, 1.165) is 31.0 Å². The number of likely N-dealkylation sites (N-methyl/N-ethyl adjacent to an activating group) is 1. The Kier molecular flexibility index (Phi) is 6.55. The predicted molar refractivity (Wildman–Crippen MR) is 122 cm³/mol.